The summed E-state index contributed by atoms with van der Waals surface area (Å²) in [7, 11) is 1.75. The van der Waals surface area contributed by atoms with E-state index >= 15 is 0 Å². The van der Waals surface area contributed by atoms with Crippen LogP contribution < -0.4 is 5.32 Å². The molecule has 1 fully saturated rings. The Morgan fingerprint density at radius 3 is 2.76 bits per heavy atom. The van der Waals surface area contributed by atoms with E-state index in [9.17, 15) is 9.90 Å². The van der Waals surface area contributed by atoms with Crippen LogP contribution in [-0.4, -0.2) is 84.9 Å². The van der Waals surface area contributed by atoms with Crippen LogP contribution in [0.15, 0.2) is 42.6 Å². The maximum absolute atomic E-state index is 12.7. The van der Waals surface area contributed by atoms with Crippen LogP contribution in [-0.2, 0) is 24.1 Å². The van der Waals surface area contributed by atoms with E-state index in [-0.39, 0.29) is 12.5 Å². The summed E-state index contributed by atoms with van der Waals surface area (Å²) in [5.74, 6) is 0.410. The largest absolute Gasteiger partial charge is 0.390 e. The number of amides is 1. The van der Waals surface area contributed by atoms with E-state index in [1.54, 1.807) is 13.3 Å². The molecule has 2 aromatic rings. The van der Waals surface area contributed by atoms with Gasteiger partial charge in [0.1, 0.15) is 5.69 Å². The van der Waals surface area contributed by atoms with E-state index in [0.29, 0.717) is 18.2 Å². The van der Waals surface area contributed by atoms with Crippen molar-refractivity contribution in [1.82, 2.24) is 20.1 Å². The van der Waals surface area contributed by atoms with Crippen molar-refractivity contribution in [2.45, 2.75) is 38.3 Å². The summed E-state index contributed by atoms with van der Waals surface area (Å²) in [6.07, 6.45) is 5.42. The average Bonchev–Trinajstić information content (AvgIpc) is 2.87. The number of β-amino-alcohol motifs (C(OH)–C–C–N with tert-alkyl or cyclic N) is 1. The first kappa shape index (κ1) is 24.8. The second-order valence-electron chi connectivity index (χ2n) is 9.65. The van der Waals surface area contributed by atoms with Crippen LogP contribution in [0.4, 0.5) is 0 Å². The number of pyridine rings is 1. The lowest BCUT2D eigenvalue weighted by atomic mass is 9.90. The number of benzene rings is 1. The normalized spacial score (nSPS) is 18.4. The number of likely N-dealkylation sites (tertiary alicyclic amines) is 1. The molecule has 34 heavy (non-hydrogen) atoms. The van der Waals surface area contributed by atoms with Gasteiger partial charge in [0.05, 0.1) is 12.7 Å². The number of aliphatic hydroxyl groups excluding tert-OH is 1. The Morgan fingerprint density at radius 2 is 1.97 bits per heavy atom. The SMILES string of the molecule is COCCN1CCC(Cc2ccnc(C(=O)NC[C@H](O)CN3CCc4ccccc4C3)c2)CC1. The zero-order valence-electron chi connectivity index (χ0n) is 20.3. The lowest BCUT2D eigenvalue weighted by molar-refractivity contribution is 0.0838. The molecule has 0 radical (unpaired) electrons. The summed E-state index contributed by atoms with van der Waals surface area (Å²) < 4.78 is 5.18. The first-order valence-electron chi connectivity index (χ1n) is 12.5. The second-order valence-corrected chi connectivity index (χ2v) is 9.65. The third-order valence-corrected chi connectivity index (χ3v) is 7.08. The van der Waals surface area contributed by atoms with E-state index in [0.717, 1.165) is 57.7 Å². The number of nitrogens with zero attached hydrogens (tertiary/aromatic N) is 3. The predicted molar refractivity (Wildman–Crippen MR) is 133 cm³/mol. The van der Waals surface area contributed by atoms with E-state index in [4.69, 9.17) is 4.74 Å². The smallest absolute Gasteiger partial charge is 0.269 e. The van der Waals surface area contributed by atoms with Gasteiger partial charge in [-0.2, -0.15) is 0 Å². The summed E-state index contributed by atoms with van der Waals surface area (Å²) in [5, 5.41) is 13.4. The zero-order valence-corrected chi connectivity index (χ0v) is 20.3. The summed E-state index contributed by atoms with van der Waals surface area (Å²) in [5.41, 5.74) is 4.30. The molecule has 2 aliphatic rings. The number of aliphatic hydroxyl groups is 1. The molecule has 0 bridgehead atoms. The fourth-order valence-corrected chi connectivity index (χ4v) is 5.07. The molecular weight excluding hydrogens is 428 g/mol. The third-order valence-electron chi connectivity index (χ3n) is 7.08. The average molecular weight is 467 g/mol. The first-order valence-corrected chi connectivity index (χ1v) is 12.5. The monoisotopic (exact) mass is 466 g/mol. The van der Waals surface area contributed by atoms with E-state index in [1.807, 2.05) is 12.1 Å². The quantitative estimate of drug-likeness (QED) is 0.559. The highest BCUT2D eigenvalue weighted by Crippen LogP contribution is 2.22. The number of nitrogens with one attached hydrogen (secondary N) is 1. The molecule has 0 saturated carbocycles. The maximum atomic E-state index is 12.7. The van der Waals surface area contributed by atoms with Crippen molar-refractivity contribution in [3.8, 4) is 0 Å². The molecule has 2 N–H and O–H groups in total. The van der Waals surface area contributed by atoms with Crippen LogP contribution in [0.2, 0.25) is 0 Å². The lowest BCUT2D eigenvalue weighted by Crippen LogP contribution is -2.42. The number of aromatic nitrogens is 1. The van der Waals surface area contributed by atoms with Crippen LogP contribution >= 0.6 is 0 Å². The Balaban J connectivity index is 1.20. The van der Waals surface area contributed by atoms with Crippen LogP contribution in [0.3, 0.4) is 0 Å². The Kier molecular flexibility index (Phi) is 9.04. The number of carbonyl (C=O) groups is 1. The molecule has 1 atom stereocenters. The molecule has 4 rings (SSSR count). The predicted octanol–water partition coefficient (Wildman–Crippen LogP) is 2.13. The van der Waals surface area contributed by atoms with Gasteiger partial charge in [0.2, 0.25) is 0 Å². The zero-order chi connectivity index (χ0) is 23.8. The Labute approximate surface area is 203 Å². The topological polar surface area (TPSA) is 77.9 Å². The minimum Gasteiger partial charge on any atom is -0.390 e. The molecule has 0 aliphatic carbocycles. The first-order chi connectivity index (χ1) is 16.6. The van der Waals surface area contributed by atoms with Crippen LogP contribution in [0.1, 0.15) is 40.0 Å². The minimum absolute atomic E-state index is 0.223. The summed E-state index contributed by atoms with van der Waals surface area (Å²) in [6, 6.07) is 12.4. The molecular formula is C27H38N4O3. The number of carbonyl (C=O) groups excluding carboxylic acids is 1. The van der Waals surface area contributed by atoms with E-state index < -0.39 is 6.10 Å². The van der Waals surface area contributed by atoms with Gasteiger partial charge in [-0.3, -0.25) is 14.7 Å². The van der Waals surface area contributed by atoms with Gasteiger partial charge in [0.25, 0.3) is 5.91 Å². The summed E-state index contributed by atoms with van der Waals surface area (Å²) in [6.45, 7) is 6.54. The molecule has 1 saturated heterocycles. The van der Waals surface area contributed by atoms with Gasteiger partial charge in [-0.15, -0.1) is 0 Å². The minimum atomic E-state index is -0.610. The number of fused-ring (bicyclic) bond motifs is 1. The van der Waals surface area contributed by atoms with Crippen molar-refractivity contribution < 1.29 is 14.6 Å². The molecule has 184 valence electrons. The standard InChI is InChI=1S/C27H38N4O3/c1-34-15-14-30-11-7-21(8-12-30)16-22-6-10-28-26(17-22)27(33)29-18-25(32)20-31-13-9-23-4-2-3-5-24(23)19-31/h2-6,10,17,21,25,32H,7-9,11-16,18-20H2,1H3,(H,29,33)/t25-/m0/s1. The van der Waals surface area contributed by atoms with Crippen molar-refractivity contribution in [2.75, 3.05) is 53.0 Å². The third kappa shape index (κ3) is 7.09. The van der Waals surface area contributed by atoms with Crippen molar-refractivity contribution in [1.29, 1.82) is 0 Å². The number of methoxy groups -OCH3 is 1. The van der Waals surface area contributed by atoms with Gasteiger partial charge in [-0.25, -0.2) is 0 Å². The highest BCUT2D eigenvalue weighted by molar-refractivity contribution is 5.92. The molecule has 7 heteroatoms. The van der Waals surface area contributed by atoms with Crippen molar-refractivity contribution in [2.24, 2.45) is 5.92 Å². The van der Waals surface area contributed by atoms with Gasteiger partial charge in [0, 0.05) is 46.0 Å². The fourth-order valence-electron chi connectivity index (χ4n) is 5.07. The Morgan fingerprint density at radius 1 is 1.18 bits per heavy atom. The highest BCUT2D eigenvalue weighted by atomic mass is 16.5. The molecule has 0 unspecified atom stereocenters. The van der Waals surface area contributed by atoms with E-state index in [1.165, 1.54) is 24.0 Å². The van der Waals surface area contributed by atoms with E-state index in [2.05, 4.69) is 44.4 Å². The summed E-state index contributed by atoms with van der Waals surface area (Å²) in [4.78, 5) is 21.7. The van der Waals surface area contributed by atoms with Gasteiger partial charge >= 0.3 is 0 Å². The van der Waals surface area contributed by atoms with Crippen LogP contribution in [0.5, 0.6) is 0 Å². The van der Waals surface area contributed by atoms with Crippen molar-refractivity contribution in [3.63, 3.8) is 0 Å². The van der Waals surface area contributed by atoms with Gasteiger partial charge in [0.15, 0.2) is 0 Å². The summed E-state index contributed by atoms with van der Waals surface area (Å²) >= 11 is 0. The maximum Gasteiger partial charge on any atom is 0.269 e. The molecule has 1 aromatic heterocycles. The number of hydrogen-bond acceptors (Lipinski definition) is 6. The number of ether oxygens (including phenoxy) is 1. The highest BCUT2D eigenvalue weighted by Gasteiger charge is 2.21. The molecule has 2 aliphatic heterocycles. The fraction of sp³-hybridized carbons (Fsp3) is 0.556. The molecule has 3 heterocycles. The van der Waals surface area contributed by atoms with Gasteiger partial charge in [-0.05, 0) is 73.5 Å². The second kappa shape index (κ2) is 12.4. The molecule has 0 spiro atoms. The van der Waals surface area contributed by atoms with Crippen LogP contribution in [0.25, 0.3) is 0 Å². The molecule has 1 amide bonds. The van der Waals surface area contributed by atoms with Gasteiger partial charge in [-0.1, -0.05) is 24.3 Å². The van der Waals surface area contributed by atoms with Crippen LogP contribution in [0, 0.1) is 5.92 Å². The molecule has 7 nitrogen and oxygen atoms in total. The number of rotatable bonds is 10. The Bertz CT molecular complexity index is 930. The lowest BCUT2D eigenvalue weighted by Gasteiger charge is -2.31. The van der Waals surface area contributed by atoms with Crippen molar-refractivity contribution >= 4 is 5.91 Å². The number of piperidine rings is 1. The molecule has 1 aromatic carbocycles. The Hall–Kier alpha value is -2.32. The number of hydrogen-bond donors (Lipinski definition) is 2. The van der Waals surface area contributed by atoms with Crippen molar-refractivity contribution in [3.05, 3.63) is 65.0 Å². The van der Waals surface area contributed by atoms with Gasteiger partial charge < -0.3 is 20.1 Å².